The number of Topliss-reactive ketones (excluding diaryl/α,β-unsaturated/α-hetero) is 1. The Kier molecular flexibility index (Phi) is 8.89. The number of benzene rings is 4. The highest BCUT2D eigenvalue weighted by molar-refractivity contribution is 8.00. The van der Waals surface area contributed by atoms with Crippen LogP contribution in [0, 0.1) is 0 Å². The van der Waals surface area contributed by atoms with Crippen LogP contribution in [0.15, 0.2) is 114 Å². The largest absolute Gasteiger partial charge is 0.361 e. The van der Waals surface area contributed by atoms with Crippen LogP contribution in [0.25, 0.3) is 17.0 Å². The van der Waals surface area contributed by atoms with Gasteiger partial charge in [0.25, 0.3) is 11.8 Å². The summed E-state index contributed by atoms with van der Waals surface area (Å²) >= 11 is 13.4. The summed E-state index contributed by atoms with van der Waals surface area (Å²) in [5.41, 5.74) is 3.07. The summed E-state index contributed by atoms with van der Waals surface area (Å²) in [6.45, 7) is 0. The predicted molar refractivity (Wildman–Crippen MR) is 167 cm³/mol. The van der Waals surface area contributed by atoms with E-state index in [1.165, 1.54) is 17.8 Å². The Hall–Kier alpha value is -4.30. The average Bonchev–Trinajstić information content (AvgIpc) is 3.39. The zero-order valence-electron chi connectivity index (χ0n) is 21.5. The molecule has 41 heavy (non-hydrogen) atoms. The SMILES string of the molecule is O=C(Nc1cccc(SCC(=O)c2ccc(Cl)cc2Cl)c1)/C(=C/c1c[nH]c2ccccc12)NC(=O)c1ccccc1. The number of aromatic nitrogens is 1. The molecular weight excluding hydrogens is 577 g/mol. The van der Waals surface area contributed by atoms with Gasteiger partial charge in [-0.05, 0) is 60.7 Å². The summed E-state index contributed by atoms with van der Waals surface area (Å²) in [6, 6.07) is 28.3. The number of halogens is 2. The van der Waals surface area contributed by atoms with E-state index in [1.54, 1.807) is 66.9 Å². The standard InChI is InChI=1S/C32H23Cl2N3O3S/c33-22-13-14-26(27(34)16-22)30(38)19-41-24-10-6-9-23(17-24)36-32(40)29(37-31(39)20-7-2-1-3-8-20)15-21-18-35-28-12-5-4-11-25(21)28/h1-18,35H,19H2,(H,36,40)(H,37,39)/b29-15-. The van der Waals surface area contributed by atoms with Crippen molar-refractivity contribution in [3.05, 3.63) is 136 Å². The molecule has 0 saturated carbocycles. The summed E-state index contributed by atoms with van der Waals surface area (Å²) in [7, 11) is 0. The van der Waals surface area contributed by atoms with E-state index < -0.39 is 11.8 Å². The van der Waals surface area contributed by atoms with Gasteiger partial charge in [-0.1, -0.05) is 65.7 Å². The Bertz CT molecular complexity index is 1780. The smallest absolute Gasteiger partial charge is 0.272 e. The number of hydrogen-bond donors (Lipinski definition) is 3. The minimum atomic E-state index is -0.495. The average molecular weight is 601 g/mol. The molecule has 9 heteroatoms. The van der Waals surface area contributed by atoms with Crippen LogP contribution < -0.4 is 10.6 Å². The van der Waals surface area contributed by atoms with Crippen LogP contribution in [-0.2, 0) is 4.79 Å². The molecule has 0 aliphatic rings. The van der Waals surface area contributed by atoms with Crippen molar-refractivity contribution in [3.8, 4) is 0 Å². The van der Waals surface area contributed by atoms with Crippen molar-refractivity contribution in [3.63, 3.8) is 0 Å². The van der Waals surface area contributed by atoms with Gasteiger partial charge in [-0.15, -0.1) is 11.8 Å². The Morgan fingerprint density at radius 3 is 2.44 bits per heavy atom. The molecule has 0 aliphatic heterocycles. The van der Waals surface area contributed by atoms with Gasteiger partial charge in [0, 0.05) is 49.4 Å². The predicted octanol–water partition coefficient (Wildman–Crippen LogP) is 7.86. The maximum absolute atomic E-state index is 13.5. The van der Waals surface area contributed by atoms with Crippen molar-refractivity contribution in [2.75, 3.05) is 11.1 Å². The van der Waals surface area contributed by atoms with Gasteiger partial charge in [-0.3, -0.25) is 14.4 Å². The van der Waals surface area contributed by atoms with Crippen molar-refractivity contribution in [1.29, 1.82) is 0 Å². The van der Waals surface area contributed by atoms with E-state index in [1.807, 2.05) is 36.4 Å². The fourth-order valence-electron chi connectivity index (χ4n) is 4.12. The zero-order chi connectivity index (χ0) is 28.8. The third-order valence-electron chi connectivity index (χ3n) is 6.14. The van der Waals surface area contributed by atoms with E-state index in [9.17, 15) is 14.4 Å². The van der Waals surface area contributed by atoms with Crippen LogP contribution in [-0.4, -0.2) is 28.3 Å². The topological polar surface area (TPSA) is 91.1 Å². The first-order valence-corrected chi connectivity index (χ1v) is 14.3. The van der Waals surface area contributed by atoms with Crippen molar-refractivity contribution >= 4 is 75.2 Å². The molecule has 0 atom stereocenters. The highest BCUT2D eigenvalue weighted by Gasteiger charge is 2.17. The molecule has 0 radical (unpaired) electrons. The molecule has 204 valence electrons. The molecule has 3 N–H and O–H groups in total. The maximum Gasteiger partial charge on any atom is 0.272 e. The normalized spacial score (nSPS) is 11.3. The highest BCUT2D eigenvalue weighted by Crippen LogP contribution is 2.27. The van der Waals surface area contributed by atoms with Crippen molar-refractivity contribution in [1.82, 2.24) is 10.3 Å². The maximum atomic E-state index is 13.5. The highest BCUT2D eigenvalue weighted by atomic mass is 35.5. The molecule has 0 bridgehead atoms. The number of carbonyl (C=O) groups is 3. The lowest BCUT2D eigenvalue weighted by atomic mass is 10.1. The van der Waals surface area contributed by atoms with Gasteiger partial charge in [0.05, 0.1) is 10.8 Å². The van der Waals surface area contributed by atoms with Gasteiger partial charge in [-0.2, -0.15) is 0 Å². The van der Waals surface area contributed by atoms with E-state index in [0.29, 0.717) is 26.9 Å². The second-order valence-electron chi connectivity index (χ2n) is 8.99. The lowest BCUT2D eigenvalue weighted by Crippen LogP contribution is -2.30. The number of amides is 2. The monoisotopic (exact) mass is 599 g/mol. The summed E-state index contributed by atoms with van der Waals surface area (Å²) in [5.74, 6) is -0.891. The van der Waals surface area contributed by atoms with E-state index in [2.05, 4.69) is 15.6 Å². The first-order valence-electron chi connectivity index (χ1n) is 12.5. The number of nitrogens with one attached hydrogen (secondary N) is 3. The number of ketones is 1. The molecular formula is C32H23Cl2N3O3S. The van der Waals surface area contributed by atoms with Gasteiger partial charge >= 0.3 is 0 Å². The minimum absolute atomic E-state index is 0.0780. The van der Waals surface area contributed by atoms with E-state index in [-0.39, 0.29) is 17.2 Å². The molecule has 0 saturated heterocycles. The number of thioether (sulfide) groups is 1. The molecule has 2 amide bonds. The molecule has 0 unspecified atom stereocenters. The van der Waals surface area contributed by atoms with Crippen LogP contribution in [0.2, 0.25) is 10.0 Å². The number of aromatic amines is 1. The Balaban J connectivity index is 1.34. The Morgan fingerprint density at radius 2 is 1.63 bits per heavy atom. The third kappa shape index (κ3) is 7.08. The molecule has 4 aromatic carbocycles. The zero-order valence-corrected chi connectivity index (χ0v) is 23.8. The summed E-state index contributed by atoms with van der Waals surface area (Å²) in [6.07, 6.45) is 3.43. The van der Waals surface area contributed by atoms with Gasteiger partial charge in [0.2, 0.25) is 0 Å². The molecule has 1 aromatic heterocycles. The second-order valence-corrected chi connectivity index (χ2v) is 10.9. The van der Waals surface area contributed by atoms with Gasteiger partial charge < -0.3 is 15.6 Å². The van der Waals surface area contributed by atoms with E-state index in [0.717, 1.165) is 21.4 Å². The number of carbonyl (C=O) groups excluding carboxylic acids is 3. The molecule has 5 rings (SSSR count). The summed E-state index contributed by atoms with van der Waals surface area (Å²) in [4.78, 5) is 43.1. The quantitative estimate of drug-likeness (QED) is 0.0913. The van der Waals surface area contributed by atoms with Crippen LogP contribution in [0.1, 0.15) is 26.3 Å². The first kappa shape index (κ1) is 28.2. The fourth-order valence-corrected chi connectivity index (χ4v) is 5.47. The molecule has 0 fully saturated rings. The second kappa shape index (κ2) is 12.9. The fraction of sp³-hybridized carbons (Fsp3) is 0.0312. The number of rotatable bonds is 9. The summed E-state index contributed by atoms with van der Waals surface area (Å²) in [5, 5.41) is 7.30. The first-order chi connectivity index (χ1) is 19.9. The lowest BCUT2D eigenvalue weighted by Gasteiger charge is -2.12. The van der Waals surface area contributed by atoms with E-state index in [4.69, 9.17) is 23.2 Å². The number of para-hydroxylation sites is 1. The number of hydrogen-bond acceptors (Lipinski definition) is 4. The Labute approximate surface area is 250 Å². The summed E-state index contributed by atoms with van der Waals surface area (Å²) < 4.78 is 0. The van der Waals surface area contributed by atoms with Crippen LogP contribution >= 0.6 is 35.0 Å². The minimum Gasteiger partial charge on any atom is -0.361 e. The molecule has 6 nitrogen and oxygen atoms in total. The van der Waals surface area contributed by atoms with Gasteiger partial charge in [0.1, 0.15) is 5.70 Å². The number of fused-ring (bicyclic) bond motifs is 1. The third-order valence-corrected chi connectivity index (χ3v) is 7.68. The van der Waals surface area contributed by atoms with Crippen molar-refractivity contribution in [2.24, 2.45) is 0 Å². The van der Waals surface area contributed by atoms with E-state index >= 15 is 0 Å². The molecule has 0 aliphatic carbocycles. The molecule has 1 heterocycles. The lowest BCUT2D eigenvalue weighted by molar-refractivity contribution is -0.113. The van der Waals surface area contributed by atoms with Crippen LogP contribution in [0.5, 0.6) is 0 Å². The van der Waals surface area contributed by atoms with Gasteiger partial charge in [0.15, 0.2) is 5.78 Å². The van der Waals surface area contributed by atoms with Crippen molar-refractivity contribution < 1.29 is 14.4 Å². The van der Waals surface area contributed by atoms with Crippen LogP contribution in [0.4, 0.5) is 5.69 Å². The van der Waals surface area contributed by atoms with Gasteiger partial charge in [-0.25, -0.2) is 0 Å². The Morgan fingerprint density at radius 1 is 0.854 bits per heavy atom. The number of anilines is 1. The van der Waals surface area contributed by atoms with Crippen LogP contribution in [0.3, 0.4) is 0 Å². The van der Waals surface area contributed by atoms with Crippen molar-refractivity contribution in [2.45, 2.75) is 4.90 Å². The molecule has 0 spiro atoms. The number of H-pyrrole nitrogens is 1. The molecule has 5 aromatic rings.